The second-order valence-electron chi connectivity index (χ2n) is 7.75. The Morgan fingerprint density at radius 1 is 0.938 bits per heavy atom. The van der Waals surface area contributed by atoms with E-state index < -0.39 is 29.4 Å². The summed E-state index contributed by atoms with van der Waals surface area (Å²) in [6.07, 6.45) is 0. The first kappa shape index (κ1) is 21.8. The third-order valence-electron chi connectivity index (χ3n) is 5.56. The van der Waals surface area contributed by atoms with Gasteiger partial charge in [0.05, 0.1) is 6.04 Å². The van der Waals surface area contributed by atoms with Gasteiger partial charge in [0.1, 0.15) is 12.1 Å². The predicted molar refractivity (Wildman–Crippen MR) is 125 cm³/mol. The van der Waals surface area contributed by atoms with Gasteiger partial charge in [-0.3, -0.25) is 14.5 Å². The van der Waals surface area contributed by atoms with Crippen LogP contribution in [0.5, 0.6) is 0 Å². The molecule has 4 rings (SSSR count). The second kappa shape index (κ2) is 8.96. The SMILES string of the molecule is CC1(c2ccccc2Br)NC(=O)N(CC(=O)NC(c2ccccc2)c2ccccc2)C1=O. The smallest absolute Gasteiger partial charge is 0.325 e. The van der Waals surface area contributed by atoms with Crippen LogP contribution in [0.2, 0.25) is 0 Å². The first-order valence-corrected chi connectivity index (χ1v) is 11.0. The zero-order valence-electron chi connectivity index (χ0n) is 17.4. The van der Waals surface area contributed by atoms with Gasteiger partial charge in [0, 0.05) is 10.0 Å². The fourth-order valence-corrected chi connectivity index (χ4v) is 4.57. The molecule has 0 saturated carbocycles. The molecule has 1 fully saturated rings. The van der Waals surface area contributed by atoms with E-state index in [1.165, 1.54) is 0 Å². The Morgan fingerprint density at radius 2 is 1.47 bits per heavy atom. The maximum Gasteiger partial charge on any atom is 0.325 e. The highest BCUT2D eigenvalue weighted by Gasteiger charge is 2.50. The molecule has 7 heteroatoms. The fourth-order valence-electron chi connectivity index (χ4n) is 3.89. The van der Waals surface area contributed by atoms with Crippen LogP contribution in [0, 0.1) is 0 Å². The van der Waals surface area contributed by atoms with Gasteiger partial charge in [-0.05, 0) is 24.1 Å². The first-order chi connectivity index (χ1) is 15.4. The minimum atomic E-state index is -1.25. The largest absolute Gasteiger partial charge is 0.344 e. The molecule has 1 saturated heterocycles. The van der Waals surface area contributed by atoms with Crippen molar-refractivity contribution in [2.45, 2.75) is 18.5 Å². The summed E-state index contributed by atoms with van der Waals surface area (Å²) >= 11 is 3.44. The molecule has 32 heavy (non-hydrogen) atoms. The van der Waals surface area contributed by atoms with E-state index in [-0.39, 0.29) is 6.54 Å². The van der Waals surface area contributed by atoms with Crippen molar-refractivity contribution < 1.29 is 14.4 Å². The summed E-state index contributed by atoms with van der Waals surface area (Å²) in [5.74, 6) is -0.900. The Bertz CT molecular complexity index is 1110. The summed E-state index contributed by atoms with van der Waals surface area (Å²) in [6.45, 7) is 1.27. The van der Waals surface area contributed by atoms with Gasteiger partial charge < -0.3 is 10.6 Å². The molecule has 3 aromatic carbocycles. The Morgan fingerprint density at radius 3 is 2.03 bits per heavy atom. The van der Waals surface area contributed by atoms with Crippen molar-refractivity contribution in [3.8, 4) is 0 Å². The number of carbonyl (C=O) groups excluding carboxylic acids is 3. The van der Waals surface area contributed by atoms with Crippen molar-refractivity contribution in [1.29, 1.82) is 0 Å². The van der Waals surface area contributed by atoms with E-state index in [4.69, 9.17) is 0 Å². The molecule has 162 valence electrons. The van der Waals surface area contributed by atoms with Crippen LogP contribution in [0.1, 0.15) is 29.7 Å². The molecule has 0 radical (unpaired) electrons. The molecular weight excluding hydrogens is 470 g/mol. The third kappa shape index (κ3) is 4.16. The highest BCUT2D eigenvalue weighted by Crippen LogP contribution is 2.33. The van der Waals surface area contributed by atoms with Gasteiger partial charge in [-0.25, -0.2) is 4.79 Å². The molecule has 0 spiro atoms. The second-order valence-corrected chi connectivity index (χ2v) is 8.60. The Labute approximate surface area is 194 Å². The van der Waals surface area contributed by atoms with E-state index >= 15 is 0 Å². The minimum Gasteiger partial charge on any atom is -0.344 e. The van der Waals surface area contributed by atoms with E-state index in [9.17, 15) is 14.4 Å². The molecule has 2 N–H and O–H groups in total. The van der Waals surface area contributed by atoms with Crippen molar-refractivity contribution >= 4 is 33.8 Å². The number of rotatable bonds is 6. The molecule has 6 nitrogen and oxygen atoms in total. The first-order valence-electron chi connectivity index (χ1n) is 10.2. The number of carbonyl (C=O) groups is 3. The summed E-state index contributed by atoms with van der Waals surface area (Å²) in [7, 11) is 0. The summed E-state index contributed by atoms with van der Waals surface area (Å²) in [5, 5.41) is 5.71. The number of amides is 4. The highest BCUT2D eigenvalue weighted by atomic mass is 79.9. The summed E-state index contributed by atoms with van der Waals surface area (Å²) < 4.78 is 0.704. The van der Waals surface area contributed by atoms with Crippen molar-refractivity contribution in [2.24, 2.45) is 0 Å². The summed E-state index contributed by atoms with van der Waals surface area (Å²) in [5.41, 5.74) is 1.19. The van der Waals surface area contributed by atoms with Crippen LogP contribution in [-0.4, -0.2) is 29.3 Å². The molecule has 1 heterocycles. The van der Waals surface area contributed by atoms with Crippen molar-refractivity contribution in [3.05, 3.63) is 106 Å². The van der Waals surface area contributed by atoms with Gasteiger partial charge in [-0.2, -0.15) is 0 Å². The van der Waals surface area contributed by atoms with Crippen LogP contribution in [0.4, 0.5) is 4.79 Å². The molecule has 4 amide bonds. The highest BCUT2D eigenvalue weighted by molar-refractivity contribution is 9.10. The standard InChI is InChI=1S/C25H22BrN3O3/c1-25(19-14-8-9-15-20(19)26)23(31)29(24(32)28-25)16-21(30)27-22(17-10-4-2-5-11-17)18-12-6-3-7-13-18/h2-15,22H,16H2,1H3,(H,27,30)(H,28,32). The summed E-state index contributed by atoms with van der Waals surface area (Å²) in [4.78, 5) is 39.8. The average molecular weight is 492 g/mol. The van der Waals surface area contributed by atoms with Crippen molar-refractivity contribution in [2.75, 3.05) is 6.54 Å². The number of benzene rings is 3. The topological polar surface area (TPSA) is 78.5 Å². The lowest BCUT2D eigenvalue weighted by Crippen LogP contribution is -2.44. The van der Waals surface area contributed by atoms with E-state index in [1.807, 2.05) is 66.7 Å². The summed E-state index contributed by atoms with van der Waals surface area (Å²) in [6, 6.07) is 25.3. The lowest BCUT2D eigenvalue weighted by atomic mass is 9.92. The number of halogens is 1. The quantitative estimate of drug-likeness (QED) is 0.509. The van der Waals surface area contributed by atoms with Gasteiger partial charge >= 0.3 is 6.03 Å². The van der Waals surface area contributed by atoms with Gasteiger partial charge in [0.25, 0.3) is 5.91 Å². The molecule has 0 aromatic heterocycles. The number of hydrogen-bond acceptors (Lipinski definition) is 3. The van der Waals surface area contributed by atoms with E-state index in [0.717, 1.165) is 16.0 Å². The number of nitrogens with zero attached hydrogens (tertiary/aromatic N) is 1. The van der Waals surface area contributed by atoms with Gasteiger partial charge in [-0.1, -0.05) is 94.8 Å². The van der Waals surface area contributed by atoms with Crippen LogP contribution in [-0.2, 0) is 15.1 Å². The minimum absolute atomic E-state index is 0.374. The van der Waals surface area contributed by atoms with E-state index in [0.29, 0.717) is 10.0 Å². The van der Waals surface area contributed by atoms with E-state index in [1.54, 1.807) is 25.1 Å². The molecule has 1 unspecified atom stereocenters. The lowest BCUT2D eigenvalue weighted by molar-refractivity contribution is -0.135. The van der Waals surface area contributed by atoms with E-state index in [2.05, 4.69) is 26.6 Å². The molecule has 0 bridgehead atoms. The average Bonchev–Trinajstić information content (AvgIpc) is 3.02. The predicted octanol–water partition coefficient (Wildman–Crippen LogP) is 4.12. The maximum absolute atomic E-state index is 13.2. The zero-order chi connectivity index (χ0) is 22.7. The lowest BCUT2D eigenvalue weighted by Gasteiger charge is -2.24. The molecule has 3 aromatic rings. The Hall–Kier alpha value is -3.45. The monoisotopic (exact) mass is 491 g/mol. The van der Waals surface area contributed by atoms with Crippen LogP contribution in [0.3, 0.4) is 0 Å². The maximum atomic E-state index is 13.2. The number of urea groups is 1. The van der Waals surface area contributed by atoms with Crippen molar-refractivity contribution in [1.82, 2.24) is 15.5 Å². The number of imide groups is 1. The molecule has 1 atom stereocenters. The Balaban J connectivity index is 1.55. The van der Waals surface area contributed by atoms with Gasteiger partial charge in [0.15, 0.2) is 0 Å². The fraction of sp³-hybridized carbons (Fsp3) is 0.160. The van der Waals surface area contributed by atoms with Crippen LogP contribution < -0.4 is 10.6 Å². The molecule has 1 aliphatic heterocycles. The zero-order valence-corrected chi connectivity index (χ0v) is 19.0. The van der Waals surface area contributed by atoms with Crippen LogP contribution in [0.15, 0.2) is 89.4 Å². The third-order valence-corrected chi connectivity index (χ3v) is 6.25. The number of nitrogens with one attached hydrogen (secondary N) is 2. The molecule has 0 aliphatic carbocycles. The van der Waals surface area contributed by atoms with Crippen LogP contribution in [0.25, 0.3) is 0 Å². The van der Waals surface area contributed by atoms with Gasteiger partial charge in [-0.15, -0.1) is 0 Å². The Kier molecular flexibility index (Phi) is 6.10. The molecule has 1 aliphatic rings. The van der Waals surface area contributed by atoms with Gasteiger partial charge in [0.2, 0.25) is 5.91 Å². The van der Waals surface area contributed by atoms with Crippen molar-refractivity contribution in [3.63, 3.8) is 0 Å². The van der Waals surface area contributed by atoms with Crippen LogP contribution >= 0.6 is 15.9 Å². The number of hydrogen-bond donors (Lipinski definition) is 2. The normalized spacial score (nSPS) is 18.0. The molecular formula is C25H22BrN3O3.